The molecule has 0 amide bonds. The highest BCUT2D eigenvalue weighted by Gasteiger charge is 2.22. The second-order valence-electron chi connectivity index (χ2n) is 5.07. The van der Waals surface area contributed by atoms with E-state index in [0.29, 0.717) is 11.6 Å². The highest BCUT2D eigenvalue weighted by atomic mass is 32.2. The van der Waals surface area contributed by atoms with Crippen molar-refractivity contribution in [3.05, 3.63) is 23.8 Å². The van der Waals surface area contributed by atoms with Crippen LogP contribution in [0.4, 0.5) is 5.69 Å². The summed E-state index contributed by atoms with van der Waals surface area (Å²) < 4.78 is 0. The van der Waals surface area contributed by atoms with E-state index in [1.807, 2.05) is 25.1 Å². The molecule has 1 unspecified atom stereocenters. The molecule has 1 aliphatic rings. The molecular weight excluding hydrogens is 272 g/mol. The third kappa shape index (κ3) is 3.46. The van der Waals surface area contributed by atoms with Gasteiger partial charge in [-0.2, -0.15) is 0 Å². The number of aromatic carboxylic acids is 1. The third-order valence-corrected chi connectivity index (χ3v) is 4.68. The van der Waals surface area contributed by atoms with E-state index < -0.39 is 5.97 Å². The van der Waals surface area contributed by atoms with Gasteiger partial charge >= 0.3 is 5.97 Å². The van der Waals surface area contributed by atoms with Crippen LogP contribution in [-0.2, 0) is 0 Å². The first-order chi connectivity index (χ1) is 9.63. The monoisotopic (exact) mass is 294 g/mol. The Morgan fingerprint density at radius 2 is 2.35 bits per heavy atom. The van der Waals surface area contributed by atoms with Crippen LogP contribution in [0.15, 0.2) is 23.1 Å². The van der Waals surface area contributed by atoms with Crippen LogP contribution < -0.4 is 5.32 Å². The Hall–Kier alpha value is -1.20. The zero-order valence-electron chi connectivity index (χ0n) is 12.1. The van der Waals surface area contributed by atoms with E-state index in [2.05, 4.69) is 17.3 Å². The molecule has 0 aromatic heterocycles. The molecule has 0 spiro atoms. The van der Waals surface area contributed by atoms with Crippen LogP contribution in [0.25, 0.3) is 0 Å². The lowest BCUT2D eigenvalue weighted by Crippen LogP contribution is -2.31. The van der Waals surface area contributed by atoms with Crippen molar-refractivity contribution in [2.45, 2.75) is 30.7 Å². The normalized spacial score (nSPS) is 19.2. The molecule has 1 fully saturated rings. The average molecular weight is 294 g/mol. The molecule has 5 heteroatoms. The Balaban J connectivity index is 2.13. The first-order valence-electron chi connectivity index (χ1n) is 7.06. The van der Waals surface area contributed by atoms with Crippen LogP contribution in [0.3, 0.4) is 0 Å². The predicted octanol–water partition coefficient (Wildman–Crippen LogP) is 3.00. The van der Waals surface area contributed by atoms with Gasteiger partial charge < -0.3 is 15.3 Å². The van der Waals surface area contributed by atoms with E-state index in [0.717, 1.165) is 29.4 Å². The Bertz CT molecular complexity index is 479. The minimum atomic E-state index is -0.858. The number of anilines is 1. The van der Waals surface area contributed by atoms with Crippen LogP contribution in [0.2, 0.25) is 0 Å². The van der Waals surface area contributed by atoms with Gasteiger partial charge in [0.15, 0.2) is 0 Å². The summed E-state index contributed by atoms with van der Waals surface area (Å²) in [6.07, 6.45) is 2.40. The molecule has 0 aliphatic carbocycles. The number of rotatable bonds is 6. The maximum Gasteiger partial charge on any atom is 0.338 e. The molecule has 0 radical (unpaired) electrons. The molecular formula is C15H22N2O2S. The van der Waals surface area contributed by atoms with Crippen molar-refractivity contribution >= 4 is 23.4 Å². The largest absolute Gasteiger partial charge is 0.478 e. The van der Waals surface area contributed by atoms with Gasteiger partial charge in [-0.1, -0.05) is 13.0 Å². The standard InChI is InChI=1S/C15H22N2O2S/c1-3-20-13-8-4-7-12(14(13)15(18)19)16-10-11-6-5-9-17(11)2/h4,7-8,11,16H,3,5-6,9-10H2,1-2H3,(H,18,19). The number of hydrogen-bond donors (Lipinski definition) is 2. The van der Waals surface area contributed by atoms with Crippen LogP contribution in [0.1, 0.15) is 30.1 Å². The van der Waals surface area contributed by atoms with Crippen molar-refractivity contribution in [2.24, 2.45) is 0 Å². The number of nitrogens with zero attached hydrogens (tertiary/aromatic N) is 1. The molecule has 1 saturated heterocycles. The minimum Gasteiger partial charge on any atom is -0.478 e. The van der Waals surface area contributed by atoms with Crippen LogP contribution in [0.5, 0.6) is 0 Å². The molecule has 1 aromatic rings. The molecule has 1 aromatic carbocycles. The highest BCUT2D eigenvalue weighted by molar-refractivity contribution is 7.99. The summed E-state index contributed by atoms with van der Waals surface area (Å²) in [5.41, 5.74) is 1.14. The van der Waals surface area contributed by atoms with E-state index >= 15 is 0 Å². The molecule has 1 heterocycles. The van der Waals surface area contributed by atoms with E-state index in [1.54, 1.807) is 11.8 Å². The fourth-order valence-electron chi connectivity index (χ4n) is 2.64. The zero-order chi connectivity index (χ0) is 14.5. The summed E-state index contributed by atoms with van der Waals surface area (Å²) in [4.78, 5) is 14.7. The SMILES string of the molecule is CCSc1cccc(NCC2CCCN2C)c1C(=O)O. The van der Waals surface area contributed by atoms with Gasteiger partial charge in [-0.25, -0.2) is 4.79 Å². The lowest BCUT2D eigenvalue weighted by atomic mass is 10.1. The number of carbonyl (C=O) groups is 1. The fourth-order valence-corrected chi connectivity index (χ4v) is 3.47. The Labute approximate surface area is 124 Å². The predicted molar refractivity (Wildman–Crippen MR) is 83.9 cm³/mol. The molecule has 2 N–H and O–H groups in total. The second-order valence-corrected chi connectivity index (χ2v) is 6.38. The number of likely N-dealkylation sites (tertiary alicyclic amines) is 1. The average Bonchev–Trinajstić information content (AvgIpc) is 2.82. The summed E-state index contributed by atoms with van der Waals surface area (Å²) in [5, 5.41) is 12.8. The first-order valence-corrected chi connectivity index (χ1v) is 8.05. The van der Waals surface area contributed by atoms with Gasteiger partial charge in [0, 0.05) is 23.2 Å². The van der Waals surface area contributed by atoms with Crippen molar-refractivity contribution < 1.29 is 9.90 Å². The lowest BCUT2D eigenvalue weighted by Gasteiger charge is -2.21. The Morgan fingerprint density at radius 1 is 1.55 bits per heavy atom. The molecule has 0 saturated carbocycles. The summed E-state index contributed by atoms with van der Waals surface area (Å²) in [5.74, 6) is 0.0126. The molecule has 2 rings (SSSR count). The molecule has 4 nitrogen and oxygen atoms in total. The number of thioether (sulfide) groups is 1. The van der Waals surface area contributed by atoms with Gasteiger partial charge in [0.1, 0.15) is 0 Å². The van der Waals surface area contributed by atoms with Crippen molar-refractivity contribution in [3.8, 4) is 0 Å². The Kier molecular flexibility index (Phi) is 5.31. The smallest absolute Gasteiger partial charge is 0.338 e. The highest BCUT2D eigenvalue weighted by Crippen LogP contribution is 2.29. The number of nitrogens with one attached hydrogen (secondary N) is 1. The fraction of sp³-hybridized carbons (Fsp3) is 0.533. The summed E-state index contributed by atoms with van der Waals surface area (Å²) in [6.45, 7) is 3.96. The van der Waals surface area contributed by atoms with Gasteiger partial charge in [0.2, 0.25) is 0 Å². The summed E-state index contributed by atoms with van der Waals surface area (Å²) >= 11 is 1.57. The van der Waals surface area contributed by atoms with Gasteiger partial charge in [0.25, 0.3) is 0 Å². The van der Waals surface area contributed by atoms with E-state index in [9.17, 15) is 9.90 Å². The maximum atomic E-state index is 11.5. The van der Waals surface area contributed by atoms with Crippen LogP contribution in [0, 0.1) is 0 Å². The van der Waals surface area contributed by atoms with E-state index in [-0.39, 0.29) is 0 Å². The molecule has 20 heavy (non-hydrogen) atoms. The van der Waals surface area contributed by atoms with Gasteiger partial charge in [-0.15, -0.1) is 11.8 Å². The van der Waals surface area contributed by atoms with Crippen molar-refractivity contribution in [1.82, 2.24) is 4.90 Å². The quantitative estimate of drug-likeness (QED) is 0.790. The zero-order valence-corrected chi connectivity index (χ0v) is 12.9. The summed E-state index contributed by atoms with van der Waals surface area (Å²) in [6, 6.07) is 6.16. The molecule has 110 valence electrons. The van der Waals surface area contributed by atoms with Crippen molar-refractivity contribution in [1.29, 1.82) is 0 Å². The molecule has 0 bridgehead atoms. The molecule has 1 atom stereocenters. The first kappa shape index (κ1) is 15.2. The second kappa shape index (κ2) is 6.99. The van der Waals surface area contributed by atoms with Gasteiger partial charge in [-0.05, 0) is 44.3 Å². The summed E-state index contributed by atoms with van der Waals surface area (Å²) in [7, 11) is 2.13. The number of carboxylic acid groups (broad SMARTS) is 1. The third-order valence-electron chi connectivity index (χ3n) is 3.74. The lowest BCUT2D eigenvalue weighted by molar-refractivity contribution is 0.0694. The Morgan fingerprint density at radius 3 is 2.95 bits per heavy atom. The maximum absolute atomic E-state index is 11.5. The van der Waals surface area contributed by atoms with E-state index in [1.165, 1.54) is 12.8 Å². The van der Waals surface area contributed by atoms with Crippen molar-refractivity contribution in [2.75, 3.05) is 31.2 Å². The van der Waals surface area contributed by atoms with Crippen LogP contribution >= 0.6 is 11.8 Å². The number of benzene rings is 1. The number of carboxylic acids is 1. The van der Waals surface area contributed by atoms with Crippen molar-refractivity contribution in [3.63, 3.8) is 0 Å². The topological polar surface area (TPSA) is 52.6 Å². The molecule has 1 aliphatic heterocycles. The number of hydrogen-bond acceptors (Lipinski definition) is 4. The number of likely N-dealkylation sites (N-methyl/N-ethyl adjacent to an activating group) is 1. The van der Waals surface area contributed by atoms with Gasteiger partial charge in [-0.3, -0.25) is 0 Å². The van der Waals surface area contributed by atoms with Gasteiger partial charge in [0.05, 0.1) is 5.56 Å². The minimum absolute atomic E-state index is 0.403. The van der Waals surface area contributed by atoms with E-state index in [4.69, 9.17) is 0 Å². The van der Waals surface area contributed by atoms with Crippen LogP contribution in [-0.4, -0.2) is 47.9 Å².